The molecule has 1 heterocycles. The van der Waals surface area contributed by atoms with Gasteiger partial charge < -0.3 is 11.1 Å². The zero-order chi connectivity index (χ0) is 13.0. The van der Waals surface area contributed by atoms with E-state index in [9.17, 15) is 0 Å². The van der Waals surface area contributed by atoms with E-state index in [1.807, 2.05) is 11.7 Å². The van der Waals surface area contributed by atoms with E-state index in [-0.39, 0.29) is 0 Å². The first-order chi connectivity index (χ1) is 8.72. The molecule has 1 aromatic rings. The van der Waals surface area contributed by atoms with Gasteiger partial charge in [0.1, 0.15) is 5.82 Å². The number of nitrogens with one attached hydrogen (secondary N) is 1. The van der Waals surface area contributed by atoms with Crippen molar-refractivity contribution in [3.8, 4) is 0 Å². The molecule has 18 heavy (non-hydrogen) atoms. The molecule has 0 bridgehead atoms. The Morgan fingerprint density at radius 2 is 2.11 bits per heavy atom. The molecule has 1 aromatic heterocycles. The maximum atomic E-state index is 6.07. The Morgan fingerprint density at radius 3 is 2.72 bits per heavy atom. The molecule has 0 radical (unpaired) electrons. The predicted octanol–water partition coefficient (Wildman–Crippen LogP) is 2.95. The monoisotopic (exact) mass is 250 g/mol. The van der Waals surface area contributed by atoms with Crippen LogP contribution in [-0.2, 0) is 13.5 Å². The van der Waals surface area contributed by atoms with E-state index < -0.39 is 0 Å². The van der Waals surface area contributed by atoms with Gasteiger partial charge in [0.05, 0.1) is 11.4 Å². The molecule has 4 nitrogen and oxygen atoms in total. The lowest BCUT2D eigenvalue weighted by molar-refractivity contribution is 0.491. The van der Waals surface area contributed by atoms with Crippen LogP contribution in [0, 0.1) is 5.92 Å². The van der Waals surface area contributed by atoms with Crippen molar-refractivity contribution >= 4 is 11.5 Å². The molecule has 3 N–H and O–H groups in total. The van der Waals surface area contributed by atoms with Gasteiger partial charge >= 0.3 is 0 Å². The van der Waals surface area contributed by atoms with E-state index in [1.54, 1.807) is 0 Å². The van der Waals surface area contributed by atoms with E-state index in [1.165, 1.54) is 38.5 Å². The molecule has 0 aliphatic heterocycles. The van der Waals surface area contributed by atoms with Gasteiger partial charge in [0.25, 0.3) is 0 Å². The zero-order valence-corrected chi connectivity index (χ0v) is 11.7. The Morgan fingerprint density at radius 1 is 1.39 bits per heavy atom. The smallest absolute Gasteiger partial charge is 0.147 e. The van der Waals surface area contributed by atoms with Crippen molar-refractivity contribution in [2.24, 2.45) is 13.0 Å². The average Bonchev–Trinajstić information content (AvgIpc) is 2.96. The summed E-state index contributed by atoms with van der Waals surface area (Å²) in [6.07, 6.45) is 9.23. The van der Waals surface area contributed by atoms with Crippen molar-refractivity contribution in [2.45, 2.75) is 51.9 Å². The van der Waals surface area contributed by atoms with Crippen LogP contribution in [0.25, 0.3) is 0 Å². The highest BCUT2D eigenvalue weighted by Gasteiger charge is 2.15. The fourth-order valence-electron chi connectivity index (χ4n) is 2.96. The van der Waals surface area contributed by atoms with Gasteiger partial charge in [-0.2, -0.15) is 5.10 Å². The highest BCUT2D eigenvalue weighted by atomic mass is 15.3. The second kappa shape index (κ2) is 6.12. The first kappa shape index (κ1) is 13.2. The van der Waals surface area contributed by atoms with Gasteiger partial charge in [-0.3, -0.25) is 4.68 Å². The third-order valence-electron chi connectivity index (χ3n) is 4.05. The first-order valence-corrected chi connectivity index (χ1v) is 7.27. The minimum atomic E-state index is 0.820. The number of hydrogen-bond acceptors (Lipinski definition) is 3. The van der Waals surface area contributed by atoms with Crippen molar-refractivity contribution < 1.29 is 0 Å². The molecule has 0 atom stereocenters. The van der Waals surface area contributed by atoms with Crippen LogP contribution >= 0.6 is 0 Å². The van der Waals surface area contributed by atoms with Crippen molar-refractivity contribution in [1.29, 1.82) is 0 Å². The van der Waals surface area contributed by atoms with Crippen molar-refractivity contribution in [1.82, 2.24) is 9.78 Å². The van der Waals surface area contributed by atoms with Crippen molar-refractivity contribution in [3.63, 3.8) is 0 Å². The number of aromatic nitrogens is 2. The first-order valence-electron chi connectivity index (χ1n) is 7.27. The summed E-state index contributed by atoms with van der Waals surface area (Å²) in [6, 6.07) is 0. The summed E-state index contributed by atoms with van der Waals surface area (Å²) < 4.78 is 1.86. The van der Waals surface area contributed by atoms with Crippen molar-refractivity contribution in [2.75, 3.05) is 17.6 Å². The lowest BCUT2D eigenvalue weighted by atomic mass is 10.0. The number of rotatable bonds is 6. The van der Waals surface area contributed by atoms with Crippen LogP contribution in [0.1, 0.15) is 51.1 Å². The molecule has 102 valence electrons. The quantitative estimate of drug-likeness (QED) is 0.763. The Hall–Kier alpha value is -1.19. The number of aryl methyl sites for hydroxylation is 2. The van der Waals surface area contributed by atoms with Gasteiger partial charge in [0, 0.05) is 13.6 Å². The molecule has 1 aliphatic rings. The third-order valence-corrected chi connectivity index (χ3v) is 4.05. The minimum Gasteiger partial charge on any atom is -0.394 e. The summed E-state index contributed by atoms with van der Waals surface area (Å²) >= 11 is 0. The number of hydrogen-bond donors (Lipinski definition) is 2. The summed E-state index contributed by atoms with van der Waals surface area (Å²) in [5.41, 5.74) is 7.89. The molecule has 0 saturated heterocycles. The van der Waals surface area contributed by atoms with Gasteiger partial charge in [-0.25, -0.2) is 0 Å². The van der Waals surface area contributed by atoms with E-state index >= 15 is 0 Å². The Kier molecular flexibility index (Phi) is 4.50. The molecule has 0 unspecified atom stereocenters. The Bertz CT molecular complexity index is 377. The number of nitrogens with zero attached hydrogens (tertiary/aromatic N) is 2. The number of nitrogen functional groups attached to an aromatic ring is 1. The van der Waals surface area contributed by atoms with E-state index in [0.29, 0.717) is 0 Å². The molecule has 0 amide bonds. The van der Waals surface area contributed by atoms with Gasteiger partial charge in [-0.1, -0.05) is 32.6 Å². The highest BCUT2D eigenvalue weighted by Crippen LogP contribution is 2.28. The Balaban J connectivity index is 1.77. The molecule has 1 saturated carbocycles. The number of anilines is 2. The normalized spacial score (nSPS) is 16.3. The summed E-state index contributed by atoms with van der Waals surface area (Å²) in [5.74, 6) is 1.96. The van der Waals surface area contributed by atoms with Gasteiger partial charge in [-0.05, 0) is 25.2 Å². The zero-order valence-electron chi connectivity index (χ0n) is 11.7. The van der Waals surface area contributed by atoms with Crippen LogP contribution in [0.4, 0.5) is 11.5 Å². The molecule has 4 heteroatoms. The summed E-state index contributed by atoms with van der Waals surface area (Å²) in [5, 5.41) is 7.85. The van der Waals surface area contributed by atoms with Gasteiger partial charge in [0.15, 0.2) is 0 Å². The second-order valence-electron chi connectivity index (χ2n) is 5.41. The lowest BCUT2D eigenvalue weighted by Gasteiger charge is -2.10. The third kappa shape index (κ3) is 2.98. The van der Waals surface area contributed by atoms with Crippen molar-refractivity contribution in [3.05, 3.63) is 5.69 Å². The standard InChI is InChI=1S/C14H26N4/c1-3-12-13(15)14(18(2)17-12)16-10-6-9-11-7-4-5-8-11/h11,16H,3-10,15H2,1-2H3. The molecular weight excluding hydrogens is 224 g/mol. The molecule has 1 aliphatic carbocycles. The predicted molar refractivity (Wildman–Crippen MR) is 76.7 cm³/mol. The van der Waals surface area contributed by atoms with Gasteiger partial charge in [0.2, 0.25) is 0 Å². The van der Waals surface area contributed by atoms with E-state index in [4.69, 9.17) is 5.73 Å². The maximum Gasteiger partial charge on any atom is 0.147 e. The summed E-state index contributed by atoms with van der Waals surface area (Å²) in [7, 11) is 1.95. The summed E-state index contributed by atoms with van der Waals surface area (Å²) in [6.45, 7) is 3.09. The van der Waals surface area contributed by atoms with Crippen LogP contribution in [0.5, 0.6) is 0 Å². The van der Waals surface area contributed by atoms with Crippen LogP contribution < -0.4 is 11.1 Å². The Labute approximate surface area is 110 Å². The molecule has 0 spiro atoms. The van der Waals surface area contributed by atoms with E-state index in [0.717, 1.165) is 36.1 Å². The molecule has 1 fully saturated rings. The molecule has 2 rings (SSSR count). The SMILES string of the molecule is CCc1nn(C)c(NCCCC2CCCC2)c1N. The number of nitrogens with two attached hydrogens (primary N) is 1. The largest absolute Gasteiger partial charge is 0.394 e. The fourth-order valence-corrected chi connectivity index (χ4v) is 2.96. The van der Waals surface area contributed by atoms with Crippen LogP contribution in [0.3, 0.4) is 0 Å². The highest BCUT2D eigenvalue weighted by molar-refractivity contribution is 5.64. The molecular formula is C14H26N4. The maximum absolute atomic E-state index is 6.07. The van der Waals surface area contributed by atoms with Gasteiger partial charge in [-0.15, -0.1) is 0 Å². The van der Waals surface area contributed by atoms with Crippen LogP contribution in [0.15, 0.2) is 0 Å². The second-order valence-corrected chi connectivity index (χ2v) is 5.41. The minimum absolute atomic E-state index is 0.820. The topological polar surface area (TPSA) is 55.9 Å². The molecule has 0 aromatic carbocycles. The van der Waals surface area contributed by atoms with Crippen LogP contribution in [-0.4, -0.2) is 16.3 Å². The fraction of sp³-hybridized carbons (Fsp3) is 0.786. The van der Waals surface area contributed by atoms with E-state index in [2.05, 4.69) is 17.3 Å². The average molecular weight is 250 g/mol. The van der Waals surface area contributed by atoms with Crippen LogP contribution in [0.2, 0.25) is 0 Å². The summed E-state index contributed by atoms with van der Waals surface area (Å²) in [4.78, 5) is 0. The lowest BCUT2D eigenvalue weighted by Crippen LogP contribution is -2.09.